The van der Waals surface area contributed by atoms with E-state index in [0.717, 1.165) is 19.5 Å². The van der Waals surface area contributed by atoms with Gasteiger partial charge in [0.2, 0.25) is 5.28 Å². The van der Waals surface area contributed by atoms with Crippen LogP contribution in [0, 0.1) is 5.92 Å². The maximum Gasteiger partial charge on any atom is 0.224 e. The van der Waals surface area contributed by atoms with E-state index >= 15 is 0 Å². The largest absolute Gasteiger partial charge is 0.394 e. The molecule has 2 rings (SSSR count). The van der Waals surface area contributed by atoms with Gasteiger partial charge in [-0.3, -0.25) is 0 Å². The Bertz CT molecular complexity index is 385. The molecule has 0 bridgehead atoms. The van der Waals surface area contributed by atoms with Crippen molar-refractivity contribution in [2.45, 2.75) is 19.4 Å². The Balaban J connectivity index is 2.17. The predicted molar refractivity (Wildman–Crippen MR) is 63.5 cm³/mol. The van der Waals surface area contributed by atoms with E-state index in [1.165, 1.54) is 6.20 Å². The van der Waals surface area contributed by atoms with Crippen molar-refractivity contribution < 1.29 is 5.11 Å². The van der Waals surface area contributed by atoms with Crippen LogP contribution in [0.2, 0.25) is 5.28 Å². The molecule has 1 saturated heterocycles. The third-order valence-corrected chi connectivity index (χ3v) is 3.16. The van der Waals surface area contributed by atoms with Crippen molar-refractivity contribution in [3.05, 3.63) is 11.5 Å². The van der Waals surface area contributed by atoms with Gasteiger partial charge in [-0.2, -0.15) is 4.98 Å². The average Bonchev–Trinajstić information content (AvgIpc) is 2.70. The summed E-state index contributed by atoms with van der Waals surface area (Å²) in [5.74, 6) is 0.941. The summed E-state index contributed by atoms with van der Waals surface area (Å²) in [4.78, 5) is 9.98. The molecule has 0 amide bonds. The van der Waals surface area contributed by atoms with Gasteiger partial charge in [-0.25, -0.2) is 4.98 Å². The minimum Gasteiger partial charge on any atom is -0.394 e. The molecule has 2 unspecified atom stereocenters. The summed E-state index contributed by atoms with van der Waals surface area (Å²) in [5.41, 5.74) is 6.33. The van der Waals surface area contributed by atoms with Gasteiger partial charge in [0.1, 0.15) is 0 Å². The zero-order valence-corrected chi connectivity index (χ0v) is 9.85. The van der Waals surface area contributed by atoms with Crippen LogP contribution in [0.25, 0.3) is 0 Å². The Morgan fingerprint density at radius 3 is 3.06 bits per heavy atom. The van der Waals surface area contributed by atoms with Crippen LogP contribution in [0.15, 0.2) is 6.20 Å². The number of halogens is 1. The van der Waals surface area contributed by atoms with Crippen molar-refractivity contribution in [2.24, 2.45) is 5.92 Å². The number of anilines is 2. The Labute approximate surface area is 99.3 Å². The molecule has 1 aliphatic heterocycles. The third kappa shape index (κ3) is 2.20. The lowest BCUT2D eigenvalue weighted by Gasteiger charge is -2.19. The van der Waals surface area contributed by atoms with Crippen LogP contribution >= 0.6 is 11.6 Å². The van der Waals surface area contributed by atoms with Crippen LogP contribution in [0.1, 0.15) is 13.3 Å². The van der Waals surface area contributed by atoms with Gasteiger partial charge in [-0.1, -0.05) is 0 Å². The van der Waals surface area contributed by atoms with Gasteiger partial charge in [-0.15, -0.1) is 0 Å². The highest BCUT2D eigenvalue weighted by molar-refractivity contribution is 6.28. The van der Waals surface area contributed by atoms with E-state index in [1.54, 1.807) is 0 Å². The van der Waals surface area contributed by atoms with Gasteiger partial charge in [0, 0.05) is 19.0 Å². The number of rotatable bonds is 2. The summed E-state index contributed by atoms with van der Waals surface area (Å²) in [6, 6.07) is 0. The van der Waals surface area contributed by atoms with Gasteiger partial charge in [0.25, 0.3) is 0 Å². The maximum absolute atomic E-state index is 9.52. The van der Waals surface area contributed by atoms with Gasteiger partial charge in [-0.05, 0) is 24.9 Å². The van der Waals surface area contributed by atoms with Crippen LogP contribution in [-0.2, 0) is 0 Å². The minimum atomic E-state index is -0.302. The fourth-order valence-corrected chi connectivity index (χ4v) is 2.12. The van der Waals surface area contributed by atoms with E-state index in [1.807, 2.05) is 11.8 Å². The number of nitrogen functional groups attached to an aromatic ring is 1. The molecule has 88 valence electrons. The molecule has 0 radical (unpaired) electrons. The monoisotopic (exact) mass is 242 g/mol. The molecule has 0 aliphatic carbocycles. The van der Waals surface area contributed by atoms with Crippen molar-refractivity contribution in [3.8, 4) is 0 Å². The molecule has 1 fully saturated rings. The zero-order chi connectivity index (χ0) is 11.7. The molecule has 0 aromatic carbocycles. The lowest BCUT2D eigenvalue weighted by atomic mass is 10.0. The smallest absolute Gasteiger partial charge is 0.224 e. The maximum atomic E-state index is 9.52. The minimum absolute atomic E-state index is 0.199. The summed E-state index contributed by atoms with van der Waals surface area (Å²) in [5, 5.41) is 9.72. The topological polar surface area (TPSA) is 75.3 Å². The van der Waals surface area contributed by atoms with E-state index in [4.69, 9.17) is 17.3 Å². The standard InChI is InChI=1S/C10H15ClN4O/c1-6(16)7-2-3-15(5-7)9-8(12)4-13-10(11)14-9/h4,6-7,16H,2-3,5,12H2,1H3. The number of hydrogen-bond acceptors (Lipinski definition) is 5. The van der Waals surface area contributed by atoms with Gasteiger partial charge < -0.3 is 15.7 Å². The first-order valence-electron chi connectivity index (χ1n) is 5.29. The Kier molecular flexibility index (Phi) is 3.16. The molecule has 0 spiro atoms. The zero-order valence-electron chi connectivity index (χ0n) is 9.10. The summed E-state index contributed by atoms with van der Waals surface area (Å²) in [6.45, 7) is 3.41. The Morgan fingerprint density at radius 1 is 1.69 bits per heavy atom. The second kappa shape index (κ2) is 4.43. The summed E-state index contributed by atoms with van der Waals surface area (Å²) in [7, 11) is 0. The summed E-state index contributed by atoms with van der Waals surface area (Å²) in [6.07, 6.45) is 2.16. The first-order chi connectivity index (χ1) is 7.58. The number of nitrogens with two attached hydrogens (primary N) is 1. The highest BCUT2D eigenvalue weighted by Gasteiger charge is 2.27. The first-order valence-corrected chi connectivity index (χ1v) is 5.66. The molecule has 6 heteroatoms. The van der Waals surface area contributed by atoms with E-state index in [2.05, 4.69) is 9.97 Å². The van der Waals surface area contributed by atoms with E-state index < -0.39 is 0 Å². The SMILES string of the molecule is CC(O)C1CCN(c2nc(Cl)ncc2N)C1. The molecule has 2 heterocycles. The molecule has 5 nitrogen and oxygen atoms in total. The predicted octanol–water partition coefficient (Wildman–Crippen LogP) is 0.919. The second-order valence-corrected chi connectivity index (χ2v) is 4.49. The number of aromatic nitrogens is 2. The van der Waals surface area contributed by atoms with Crippen LogP contribution in [-0.4, -0.2) is 34.3 Å². The summed E-state index contributed by atoms with van der Waals surface area (Å²) >= 11 is 5.74. The van der Waals surface area contributed by atoms with E-state index in [0.29, 0.717) is 11.5 Å². The van der Waals surface area contributed by atoms with Gasteiger partial charge in [0.05, 0.1) is 18.0 Å². The van der Waals surface area contributed by atoms with E-state index in [-0.39, 0.29) is 17.3 Å². The summed E-state index contributed by atoms with van der Waals surface area (Å²) < 4.78 is 0. The molecule has 16 heavy (non-hydrogen) atoms. The highest BCUT2D eigenvalue weighted by Crippen LogP contribution is 2.28. The van der Waals surface area contributed by atoms with Gasteiger partial charge in [0.15, 0.2) is 5.82 Å². The normalized spacial score (nSPS) is 22.4. The number of aliphatic hydroxyl groups is 1. The van der Waals surface area contributed by atoms with Crippen LogP contribution in [0.5, 0.6) is 0 Å². The second-order valence-electron chi connectivity index (χ2n) is 4.15. The third-order valence-electron chi connectivity index (χ3n) is 2.97. The quantitative estimate of drug-likeness (QED) is 0.755. The number of nitrogens with zero attached hydrogens (tertiary/aromatic N) is 3. The molecule has 1 aromatic heterocycles. The van der Waals surface area contributed by atoms with Crippen molar-refractivity contribution in [1.82, 2.24) is 9.97 Å². The fourth-order valence-electron chi connectivity index (χ4n) is 1.99. The first kappa shape index (κ1) is 11.4. The lowest BCUT2D eigenvalue weighted by molar-refractivity contribution is 0.136. The number of aliphatic hydroxyl groups excluding tert-OH is 1. The molecule has 2 atom stereocenters. The molecular formula is C10H15ClN4O. The average molecular weight is 243 g/mol. The van der Waals surface area contributed by atoms with Crippen molar-refractivity contribution in [3.63, 3.8) is 0 Å². The number of hydrogen-bond donors (Lipinski definition) is 2. The molecular weight excluding hydrogens is 228 g/mol. The van der Waals surface area contributed by atoms with Crippen LogP contribution < -0.4 is 10.6 Å². The van der Waals surface area contributed by atoms with Crippen molar-refractivity contribution in [2.75, 3.05) is 23.7 Å². The lowest BCUT2D eigenvalue weighted by Crippen LogP contribution is -2.25. The van der Waals surface area contributed by atoms with Crippen LogP contribution in [0.3, 0.4) is 0 Å². The molecule has 1 aliphatic rings. The highest BCUT2D eigenvalue weighted by atomic mass is 35.5. The van der Waals surface area contributed by atoms with Crippen molar-refractivity contribution >= 4 is 23.1 Å². The fraction of sp³-hybridized carbons (Fsp3) is 0.600. The van der Waals surface area contributed by atoms with Crippen molar-refractivity contribution in [1.29, 1.82) is 0 Å². The van der Waals surface area contributed by atoms with E-state index in [9.17, 15) is 5.11 Å². The molecule has 1 aromatic rings. The molecule has 3 N–H and O–H groups in total. The van der Waals surface area contributed by atoms with Crippen LogP contribution in [0.4, 0.5) is 11.5 Å². The molecule has 0 saturated carbocycles. The van der Waals surface area contributed by atoms with Gasteiger partial charge >= 0.3 is 0 Å². The Morgan fingerprint density at radius 2 is 2.44 bits per heavy atom. The Hall–Kier alpha value is -1.07.